The Labute approximate surface area is 110 Å². The summed E-state index contributed by atoms with van der Waals surface area (Å²) >= 11 is 7.42. The number of ether oxygens (including phenoxy) is 3. The third-order valence-electron chi connectivity index (χ3n) is 1.29. The average Bonchev–Trinajstić information content (AvgIpc) is 2.33. The summed E-state index contributed by atoms with van der Waals surface area (Å²) < 4.78 is 14.3. The van der Waals surface area contributed by atoms with Crippen molar-refractivity contribution in [2.75, 3.05) is 24.7 Å². The molecule has 6 nitrogen and oxygen atoms in total. The van der Waals surface area contributed by atoms with E-state index in [-0.39, 0.29) is 24.7 Å². The topological polar surface area (TPSA) is 82.1 Å². The van der Waals surface area contributed by atoms with Crippen molar-refractivity contribution >= 4 is 37.2 Å². The van der Waals surface area contributed by atoms with E-state index in [1.54, 1.807) is 0 Å². The van der Waals surface area contributed by atoms with Crippen molar-refractivity contribution < 1.29 is 28.9 Å². The van der Waals surface area contributed by atoms with Crippen LogP contribution in [0.1, 0.15) is 0 Å². The molecule has 0 fully saturated rings. The zero-order valence-electron chi connectivity index (χ0n) is 8.94. The highest BCUT2D eigenvalue weighted by atomic mass is 32.1. The highest BCUT2D eigenvalue weighted by molar-refractivity contribution is 7.81. The summed E-state index contributed by atoms with van der Waals surface area (Å²) in [6.07, 6.45) is 1.20. The molecule has 98 valence electrons. The van der Waals surface area contributed by atoms with Crippen LogP contribution in [0, 0.1) is 0 Å². The number of thiol groups is 2. The average molecular weight is 282 g/mol. The molecular formula is C9H14O6S2. The van der Waals surface area contributed by atoms with Gasteiger partial charge in [0.05, 0.1) is 24.4 Å². The van der Waals surface area contributed by atoms with Gasteiger partial charge in [-0.15, -0.1) is 0 Å². The number of aliphatic hydroxyl groups excluding tert-OH is 1. The number of carbonyl (C=O) groups excluding carboxylic acids is 2. The van der Waals surface area contributed by atoms with Gasteiger partial charge in [0.15, 0.2) is 0 Å². The predicted molar refractivity (Wildman–Crippen MR) is 65.9 cm³/mol. The molecule has 0 aliphatic heterocycles. The van der Waals surface area contributed by atoms with Crippen molar-refractivity contribution in [2.45, 2.75) is 6.29 Å². The summed E-state index contributed by atoms with van der Waals surface area (Å²) in [7, 11) is 0. The monoisotopic (exact) mass is 282 g/mol. The molecule has 0 aromatic carbocycles. The molecule has 0 aromatic heterocycles. The van der Waals surface area contributed by atoms with Gasteiger partial charge in [0.1, 0.15) is 6.61 Å². The van der Waals surface area contributed by atoms with Gasteiger partial charge in [0.25, 0.3) is 6.29 Å². The van der Waals surface area contributed by atoms with E-state index in [2.05, 4.69) is 25.3 Å². The third kappa shape index (κ3) is 8.90. The highest BCUT2D eigenvalue weighted by Crippen LogP contribution is 2.01. The van der Waals surface area contributed by atoms with E-state index in [9.17, 15) is 9.59 Å². The van der Waals surface area contributed by atoms with Crippen LogP contribution in [0.3, 0.4) is 0 Å². The van der Waals surface area contributed by atoms with Gasteiger partial charge in [0, 0.05) is 6.08 Å². The van der Waals surface area contributed by atoms with E-state index in [4.69, 9.17) is 19.3 Å². The SMILES string of the molecule is O=C(CS)OC(C=COCCO)OC(=O)CS. The number of esters is 2. The Bertz CT molecular complexity index is 250. The van der Waals surface area contributed by atoms with Crippen LogP contribution in [-0.4, -0.2) is 48.1 Å². The van der Waals surface area contributed by atoms with E-state index in [1.165, 1.54) is 12.3 Å². The molecule has 0 spiro atoms. The summed E-state index contributed by atoms with van der Waals surface area (Å²) in [4.78, 5) is 21.9. The molecule has 0 unspecified atom stereocenters. The van der Waals surface area contributed by atoms with Crippen molar-refractivity contribution in [3.63, 3.8) is 0 Å². The van der Waals surface area contributed by atoms with Crippen LogP contribution in [-0.2, 0) is 23.8 Å². The molecule has 0 rings (SSSR count). The molecule has 0 aromatic rings. The fourth-order valence-corrected chi connectivity index (χ4v) is 0.826. The fourth-order valence-electron chi connectivity index (χ4n) is 0.677. The lowest BCUT2D eigenvalue weighted by Gasteiger charge is -2.13. The van der Waals surface area contributed by atoms with Gasteiger partial charge >= 0.3 is 11.9 Å². The Balaban J connectivity index is 4.23. The predicted octanol–water partition coefficient (Wildman–Crippen LogP) is -0.219. The van der Waals surface area contributed by atoms with E-state index >= 15 is 0 Å². The zero-order chi connectivity index (χ0) is 13.1. The Morgan fingerprint density at radius 1 is 1.18 bits per heavy atom. The molecule has 0 amide bonds. The number of hydrogen-bond donors (Lipinski definition) is 3. The molecule has 17 heavy (non-hydrogen) atoms. The summed E-state index contributed by atoms with van der Waals surface area (Å²) in [6.45, 7) is -0.0634. The van der Waals surface area contributed by atoms with Gasteiger partial charge in [-0.05, 0) is 0 Å². The van der Waals surface area contributed by atoms with E-state index in [1.807, 2.05) is 0 Å². The van der Waals surface area contributed by atoms with Crippen LogP contribution < -0.4 is 0 Å². The van der Waals surface area contributed by atoms with Crippen LogP contribution in [0.5, 0.6) is 0 Å². The summed E-state index contributed by atoms with van der Waals surface area (Å²) in [5, 5.41) is 8.45. The standard InChI is InChI=1S/C9H14O6S2/c10-2-4-13-3-1-9(14-7(11)5-16)15-8(12)6-17/h1,3,9-10,16-17H,2,4-6H2. The van der Waals surface area contributed by atoms with Crippen molar-refractivity contribution in [2.24, 2.45) is 0 Å². The number of rotatable bonds is 8. The highest BCUT2D eigenvalue weighted by Gasteiger charge is 2.14. The first-order valence-electron chi connectivity index (χ1n) is 4.63. The summed E-state index contributed by atoms with van der Waals surface area (Å²) in [5.74, 6) is -1.56. The second-order valence-corrected chi connectivity index (χ2v) is 3.22. The lowest BCUT2D eigenvalue weighted by Crippen LogP contribution is -2.24. The Hall–Kier alpha value is -0.860. The van der Waals surface area contributed by atoms with Crippen LogP contribution in [0.4, 0.5) is 0 Å². The summed E-state index contributed by atoms with van der Waals surface area (Å²) in [6, 6.07) is 0. The Morgan fingerprint density at radius 2 is 1.71 bits per heavy atom. The van der Waals surface area contributed by atoms with E-state index in [0.717, 1.165) is 0 Å². The smallest absolute Gasteiger partial charge is 0.318 e. The van der Waals surface area contributed by atoms with Crippen LogP contribution in [0.25, 0.3) is 0 Å². The first-order valence-corrected chi connectivity index (χ1v) is 5.90. The maximum absolute atomic E-state index is 11.0. The number of hydrogen-bond acceptors (Lipinski definition) is 8. The third-order valence-corrected chi connectivity index (χ3v) is 1.81. The minimum Gasteiger partial charge on any atom is -0.499 e. The van der Waals surface area contributed by atoms with Gasteiger partial charge in [0.2, 0.25) is 0 Å². The quantitative estimate of drug-likeness (QED) is 0.188. The van der Waals surface area contributed by atoms with E-state index in [0.29, 0.717) is 0 Å². The van der Waals surface area contributed by atoms with Crippen LogP contribution in [0.2, 0.25) is 0 Å². The Kier molecular flexibility index (Phi) is 9.78. The molecule has 0 aliphatic carbocycles. The molecule has 0 aliphatic rings. The fraction of sp³-hybridized carbons (Fsp3) is 0.556. The molecule has 0 bridgehead atoms. The number of aliphatic hydroxyl groups is 1. The molecule has 0 saturated heterocycles. The minimum atomic E-state index is -1.19. The molecule has 8 heteroatoms. The van der Waals surface area contributed by atoms with Crippen LogP contribution in [0.15, 0.2) is 12.3 Å². The van der Waals surface area contributed by atoms with Crippen molar-refractivity contribution in [3.05, 3.63) is 12.3 Å². The maximum Gasteiger partial charge on any atom is 0.318 e. The minimum absolute atomic E-state index is 0.0875. The largest absolute Gasteiger partial charge is 0.499 e. The van der Waals surface area contributed by atoms with Crippen molar-refractivity contribution in [1.82, 2.24) is 0 Å². The van der Waals surface area contributed by atoms with Gasteiger partial charge < -0.3 is 19.3 Å². The van der Waals surface area contributed by atoms with Crippen LogP contribution >= 0.6 is 25.3 Å². The molecular weight excluding hydrogens is 268 g/mol. The first-order chi connectivity index (χ1) is 8.13. The number of carbonyl (C=O) groups is 2. The van der Waals surface area contributed by atoms with E-state index < -0.39 is 18.2 Å². The Morgan fingerprint density at radius 3 is 2.12 bits per heavy atom. The van der Waals surface area contributed by atoms with Gasteiger partial charge in [-0.3, -0.25) is 9.59 Å². The second-order valence-electron chi connectivity index (χ2n) is 2.59. The molecule has 0 radical (unpaired) electrons. The second kappa shape index (κ2) is 10.3. The zero-order valence-corrected chi connectivity index (χ0v) is 10.7. The molecule has 0 atom stereocenters. The van der Waals surface area contributed by atoms with Gasteiger partial charge in [-0.1, -0.05) is 0 Å². The van der Waals surface area contributed by atoms with Gasteiger partial charge in [-0.25, -0.2) is 0 Å². The molecule has 0 heterocycles. The van der Waals surface area contributed by atoms with Gasteiger partial charge in [-0.2, -0.15) is 25.3 Å². The first kappa shape index (κ1) is 16.1. The lowest BCUT2D eigenvalue weighted by atomic mass is 10.6. The van der Waals surface area contributed by atoms with Crippen molar-refractivity contribution in [1.29, 1.82) is 0 Å². The maximum atomic E-state index is 11.0. The molecule has 1 N–H and O–H groups in total. The lowest BCUT2D eigenvalue weighted by molar-refractivity contribution is -0.175. The normalized spacial score (nSPS) is 10.6. The van der Waals surface area contributed by atoms with Crippen molar-refractivity contribution in [3.8, 4) is 0 Å². The molecule has 0 saturated carbocycles. The summed E-state index contributed by atoms with van der Waals surface area (Å²) in [5.41, 5.74) is 0.